The monoisotopic (exact) mass is 341 g/mol. The molecule has 0 unspecified atom stereocenters. The highest BCUT2D eigenvalue weighted by Gasteiger charge is 2.11. The SMILES string of the molecule is Cc1ccc(NC(=O)COC(=O)c2ccc(OC(C)C)cc2)cc1C. The second-order valence-corrected chi connectivity index (χ2v) is 6.11. The maximum Gasteiger partial charge on any atom is 0.338 e. The van der Waals surface area contributed by atoms with Gasteiger partial charge in [-0.2, -0.15) is 0 Å². The molecule has 2 aromatic carbocycles. The first-order valence-corrected chi connectivity index (χ1v) is 8.16. The molecular weight excluding hydrogens is 318 g/mol. The number of carbonyl (C=O) groups excluding carboxylic acids is 2. The molecule has 0 fully saturated rings. The fraction of sp³-hybridized carbons (Fsp3) is 0.300. The van der Waals surface area contributed by atoms with Crippen LogP contribution in [0.1, 0.15) is 35.3 Å². The Kier molecular flexibility index (Phi) is 6.17. The lowest BCUT2D eigenvalue weighted by molar-refractivity contribution is -0.119. The normalized spacial score (nSPS) is 10.4. The molecule has 0 atom stereocenters. The molecule has 0 heterocycles. The summed E-state index contributed by atoms with van der Waals surface area (Å²) in [6, 6.07) is 12.2. The first kappa shape index (κ1) is 18.5. The van der Waals surface area contributed by atoms with Crippen LogP contribution < -0.4 is 10.1 Å². The van der Waals surface area contributed by atoms with Crippen LogP contribution in [0.25, 0.3) is 0 Å². The van der Waals surface area contributed by atoms with Crippen molar-refractivity contribution in [3.63, 3.8) is 0 Å². The summed E-state index contributed by atoms with van der Waals surface area (Å²) >= 11 is 0. The number of nitrogens with one attached hydrogen (secondary N) is 1. The molecule has 1 N–H and O–H groups in total. The zero-order valence-electron chi connectivity index (χ0n) is 15.0. The van der Waals surface area contributed by atoms with Gasteiger partial charge in [0.25, 0.3) is 5.91 Å². The third-order valence-electron chi connectivity index (χ3n) is 3.59. The molecule has 0 saturated heterocycles. The average Bonchev–Trinajstić information content (AvgIpc) is 2.56. The molecule has 1 amide bonds. The van der Waals surface area contributed by atoms with Crippen LogP contribution in [-0.2, 0) is 9.53 Å². The summed E-state index contributed by atoms with van der Waals surface area (Å²) in [5.74, 6) is -0.248. The molecule has 0 aliphatic carbocycles. The van der Waals surface area contributed by atoms with Gasteiger partial charge in [0.15, 0.2) is 6.61 Å². The molecule has 0 aliphatic rings. The van der Waals surface area contributed by atoms with E-state index < -0.39 is 5.97 Å². The van der Waals surface area contributed by atoms with Gasteiger partial charge in [-0.15, -0.1) is 0 Å². The van der Waals surface area contributed by atoms with E-state index in [0.29, 0.717) is 17.0 Å². The van der Waals surface area contributed by atoms with Crippen molar-refractivity contribution in [3.05, 3.63) is 59.2 Å². The number of amides is 1. The van der Waals surface area contributed by atoms with Crippen molar-refractivity contribution in [1.82, 2.24) is 0 Å². The molecule has 25 heavy (non-hydrogen) atoms. The highest BCUT2D eigenvalue weighted by atomic mass is 16.5. The number of anilines is 1. The van der Waals surface area contributed by atoms with Crippen molar-refractivity contribution in [2.24, 2.45) is 0 Å². The summed E-state index contributed by atoms with van der Waals surface area (Å²) in [5, 5.41) is 2.71. The minimum atomic E-state index is -0.550. The van der Waals surface area contributed by atoms with Gasteiger partial charge in [0.05, 0.1) is 11.7 Å². The highest BCUT2D eigenvalue weighted by molar-refractivity contribution is 5.95. The topological polar surface area (TPSA) is 64.6 Å². The van der Waals surface area contributed by atoms with Gasteiger partial charge in [0.2, 0.25) is 0 Å². The van der Waals surface area contributed by atoms with E-state index in [2.05, 4.69) is 5.32 Å². The molecule has 0 bridgehead atoms. The van der Waals surface area contributed by atoms with Crippen molar-refractivity contribution < 1.29 is 19.1 Å². The van der Waals surface area contributed by atoms with Gasteiger partial charge >= 0.3 is 5.97 Å². The molecule has 2 aromatic rings. The largest absolute Gasteiger partial charge is 0.491 e. The smallest absolute Gasteiger partial charge is 0.338 e. The average molecular weight is 341 g/mol. The minimum absolute atomic E-state index is 0.0620. The Hall–Kier alpha value is -2.82. The Balaban J connectivity index is 1.86. The van der Waals surface area contributed by atoms with E-state index in [1.54, 1.807) is 24.3 Å². The predicted octanol–water partition coefficient (Wildman–Crippen LogP) is 3.89. The highest BCUT2D eigenvalue weighted by Crippen LogP contribution is 2.15. The lowest BCUT2D eigenvalue weighted by Crippen LogP contribution is -2.21. The van der Waals surface area contributed by atoms with E-state index in [9.17, 15) is 9.59 Å². The summed E-state index contributed by atoms with van der Waals surface area (Å²) in [5.41, 5.74) is 3.28. The Bertz CT molecular complexity index is 751. The zero-order chi connectivity index (χ0) is 18.4. The van der Waals surface area contributed by atoms with Gasteiger partial charge in [-0.3, -0.25) is 4.79 Å². The number of hydrogen-bond donors (Lipinski definition) is 1. The van der Waals surface area contributed by atoms with Crippen LogP contribution in [0.3, 0.4) is 0 Å². The second-order valence-electron chi connectivity index (χ2n) is 6.11. The van der Waals surface area contributed by atoms with Crippen molar-refractivity contribution in [1.29, 1.82) is 0 Å². The lowest BCUT2D eigenvalue weighted by Gasteiger charge is -2.10. The second kappa shape index (κ2) is 8.33. The molecule has 132 valence electrons. The number of aryl methyl sites for hydroxylation is 2. The summed E-state index contributed by atoms with van der Waals surface area (Å²) in [6.07, 6.45) is 0.0620. The van der Waals surface area contributed by atoms with Gasteiger partial charge in [-0.05, 0) is 75.2 Å². The lowest BCUT2D eigenvalue weighted by atomic mass is 10.1. The first-order valence-electron chi connectivity index (χ1n) is 8.16. The first-order chi connectivity index (χ1) is 11.8. The summed E-state index contributed by atoms with van der Waals surface area (Å²) in [7, 11) is 0. The van der Waals surface area contributed by atoms with Gasteiger partial charge in [0.1, 0.15) is 5.75 Å². The fourth-order valence-corrected chi connectivity index (χ4v) is 2.17. The van der Waals surface area contributed by atoms with E-state index in [4.69, 9.17) is 9.47 Å². The van der Waals surface area contributed by atoms with Crippen LogP contribution in [0.15, 0.2) is 42.5 Å². The predicted molar refractivity (Wildman–Crippen MR) is 97.0 cm³/mol. The number of esters is 1. The molecule has 0 aliphatic heterocycles. The number of rotatable bonds is 6. The van der Waals surface area contributed by atoms with Gasteiger partial charge in [-0.25, -0.2) is 4.79 Å². The van der Waals surface area contributed by atoms with Crippen molar-refractivity contribution in [3.8, 4) is 5.75 Å². The maximum atomic E-state index is 12.0. The Morgan fingerprint density at radius 2 is 1.68 bits per heavy atom. The Labute approximate surface area is 148 Å². The molecule has 2 rings (SSSR count). The molecule has 5 heteroatoms. The summed E-state index contributed by atoms with van der Waals surface area (Å²) in [4.78, 5) is 23.9. The van der Waals surface area contributed by atoms with E-state index in [1.165, 1.54) is 0 Å². The van der Waals surface area contributed by atoms with Gasteiger partial charge in [0, 0.05) is 5.69 Å². The van der Waals surface area contributed by atoms with Crippen LogP contribution in [0, 0.1) is 13.8 Å². The third-order valence-corrected chi connectivity index (χ3v) is 3.59. The Morgan fingerprint density at radius 1 is 1.00 bits per heavy atom. The zero-order valence-corrected chi connectivity index (χ0v) is 15.0. The van der Waals surface area contributed by atoms with Crippen molar-refractivity contribution in [2.45, 2.75) is 33.8 Å². The van der Waals surface area contributed by atoms with Crippen LogP contribution in [0.5, 0.6) is 5.75 Å². The number of carbonyl (C=O) groups is 2. The van der Waals surface area contributed by atoms with E-state index in [-0.39, 0.29) is 18.6 Å². The van der Waals surface area contributed by atoms with Crippen molar-refractivity contribution in [2.75, 3.05) is 11.9 Å². The maximum absolute atomic E-state index is 12.0. The van der Waals surface area contributed by atoms with E-state index >= 15 is 0 Å². The van der Waals surface area contributed by atoms with Crippen LogP contribution in [0.2, 0.25) is 0 Å². The Morgan fingerprint density at radius 3 is 2.28 bits per heavy atom. The summed E-state index contributed by atoms with van der Waals surface area (Å²) in [6.45, 7) is 7.49. The molecule has 0 saturated carbocycles. The van der Waals surface area contributed by atoms with Gasteiger partial charge in [-0.1, -0.05) is 6.07 Å². The number of hydrogen-bond acceptors (Lipinski definition) is 4. The van der Waals surface area contributed by atoms with Crippen molar-refractivity contribution >= 4 is 17.6 Å². The molecule has 0 radical (unpaired) electrons. The van der Waals surface area contributed by atoms with E-state index in [0.717, 1.165) is 11.1 Å². The fourth-order valence-electron chi connectivity index (χ4n) is 2.17. The van der Waals surface area contributed by atoms with Gasteiger partial charge < -0.3 is 14.8 Å². The molecular formula is C20H23NO4. The standard InChI is InChI=1S/C20H23NO4/c1-13(2)25-18-9-6-16(7-10-18)20(23)24-12-19(22)21-17-8-5-14(3)15(4)11-17/h5-11,13H,12H2,1-4H3,(H,21,22). The molecule has 0 aromatic heterocycles. The number of benzene rings is 2. The number of ether oxygens (including phenoxy) is 2. The third kappa shape index (κ3) is 5.64. The minimum Gasteiger partial charge on any atom is -0.491 e. The molecule has 0 spiro atoms. The van der Waals surface area contributed by atoms with Crippen LogP contribution in [-0.4, -0.2) is 24.6 Å². The van der Waals surface area contributed by atoms with Crippen LogP contribution in [0.4, 0.5) is 5.69 Å². The summed E-state index contributed by atoms with van der Waals surface area (Å²) < 4.78 is 10.6. The van der Waals surface area contributed by atoms with Crippen LogP contribution >= 0.6 is 0 Å². The molecule has 5 nitrogen and oxygen atoms in total. The van der Waals surface area contributed by atoms with E-state index in [1.807, 2.05) is 45.9 Å². The quantitative estimate of drug-likeness (QED) is 0.810.